The fourth-order valence-corrected chi connectivity index (χ4v) is 4.08. The Balaban J connectivity index is 0.00000176. The first-order valence-corrected chi connectivity index (χ1v) is 8.11. The van der Waals surface area contributed by atoms with Crippen LogP contribution in [-0.2, 0) is 10.2 Å². The molecule has 1 saturated carbocycles. The molecule has 22 heavy (non-hydrogen) atoms. The van der Waals surface area contributed by atoms with Gasteiger partial charge in [-0.25, -0.2) is 0 Å². The van der Waals surface area contributed by atoms with Crippen molar-refractivity contribution in [3.63, 3.8) is 0 Å². The average Bonchev–Trinajstić information content (AvgIpc) is 3.15. The first kappa shape index (κ1) is 17.9. The number of amides is 1. The minimum absolute atomic E-state index is 0. The van der Waals surface area contributed by atoms with E-state index in [2.05, 4.69) is 6.92 Å². The van der Waals surface area contributed by atoms with Crippen LogP contribution in [0.5, 0.6) is 0 Å². The standard InChI is InChI=1S/C16H20Cl2N2O.ClH/c1-15(9-19)7-8-20(10-15)14(21)16(5-6-16)13-11(17)3-2-4-12(13)18;/h2-4H,5-10,19H2,1H3;1H. The molecule has 0 aromatic heterocycles. The zero-order chi connectivity index (χ0) is 15.3. The van der Waals surface area contributed by atoms with Crippen molar-refractivity contribution in [3.05, 3.63) is 33.8 Å². The lowest BCUT2D eigenvalue weighted by Crippen LogP contribution is -2.40. The topological polar surface area (TPSA) is 46.3 Å². The maximum Gasteiger partial charge on any atom is 0.233 e. The number of nitrogens with two attached hydrogens (primary N) is 1. The zero-order valence-corrected chi connectivity index (χ0v) is 14.9. The maximum atomic E-state index is 13.0. The van der Waals surface area contributed by atoms with Crippen molar-refractivity contribution in [1.29, 1.82) is 0 Å². The molecule has 1 aliphatic heterocycles. The summed E-state index contributed by atoms with van der Waals surface area (Å²) < 4.78 is 0. The minimum Gasteiger partial charge on any atom is -0.341 e. The van der Waals surface area contributed by atoms with Gasteiger partial charge in [-0.2, -0.15) is 0 Å². The lowest BCUT2D eigenvalue weighted by molar-refractivity contribution is -0.133. The molecule has 2 fully saturated rings. The lowest BCUT2D eigenvalue weighted by Gasteiger charge is -2.27. The predicted octanol–water partition coefficient (Wildman–Crippen LogP) is 3.64. The third-order valence-electron chi connectivity index (χ3n) is 4.94. The molecule has 1 heterocycles. The summed E-state index contributed by atoms with van der Waals surface area (Å²) in [5, 5.41) is 1.18. The van der Waals surface area contributed by atoms with Gasteiger partial charge in [0.25, 0.3) is 0 Å². The molecule has 1 unspecified atom stereocenters. The first-order chi connectivity index (χ1) is 9.92. The Hall–Kier alpha value is -0.480. The predicted molar refractivity (Wildman–Crippen MR) is 93.0 cm³/mol. The monoisotopic (exact) mass is 362 g/mol. The number of hydrogen-bond acceptors (Lipinski definition) is 2. The molecule has 6 heteroatoms. The van der Waals surface area contributed by atoms with Gasteiger partial charge in [0.2, 0.25) is 5.91 Å². The number of carbonyl (C=O) groups is 1. The van der Waals surface area contributed by atoms with Crippen molar-refractivity contribution >= 4 is 41.5 Å². The third kappa shape index (κ3) is 2.84. The van der Waals surface area contributed by atoms with Gasteiger partial charge in [0.1, 0.15) is 0 Å². The van der Waals surface area contributed by atoms with Gasteiger partial charge in [-0.05, 0) is 43.4 Å². The second-order valence-corrected chi connectivity index (χ2v) is 7.48. The fourth-order valence-electron chi connectivity index (χ4n) is 3.32. The largest absolute Gasteiger partial charge is 0.341 e. The van der Waals surface area contributed by atoms with Gasteiger partial charge in [0.05, 0.1) is 5.41 Å². The van der Waals surface area contributed by atoms with Crippen LogP contribution in [-0.4, -0.2) is 30.4 Å². The van der Waals surface area contributed by atoms with E-state index in [1.165, 1.54) is 0 Å². The second kappa shape index (κ2) is 6.20. The molecular weight excluding hydrogens is 343 g/mol. The highest BCUT2D eigenvalue weighted by atomic mass is 35.5. The molecule has 2 aliphatic rings. The molecule has 3 nitrogen and oxygen atoms in total. The highest BCUT2D eigenvalue weighted by Gasteiger charge is 2.56. The van der Waals surface area contributed by atoms with Crippen molar-refractivity contribution in [2.45, 2.75) is 31.6 Å². The summed E-state index contributed by atoms with van der Waals surface area (Å²) in [6, 6.07) is 5.43. The Labute approximate surface area is 147 Å². The van der Waals surface area contributed by atoms with Crippen LogP contribution in [0.4, 0.5) is 0 Å². The number of halogens is 3. The van der Waals surface area contributed by atoms with Crippen molar-refractivity contribution in [2.24, 2.45) is 11.1 Å². The Morgan fingerprint density at radius 1 is 1.27 bits per heavy atom. The number of nitrogens with zero attached hydrogens (tertiary/aromatic N) is 1. The number of rotatable bonds is 3. The van der Waals surface area contributed by atoms with E-state index in [4.69, 9.17) is 28.9 Å². The molecule has 1 aliphatic carbocycles. The smallest absolute Gasteiger partial charge is 0.233 e. The lowest BCUT2D eigenvalue weighted by atomic mass is 9.90. The van der Waals surface area contributed by atoms with E-state index in [1.54, 1.807) is 0 Å². The quantitative estimate of drug-likeness (QED) is 0.891. The van der Waals surface area contributed by atoms with E-state index in [-0.39, 0.29) is 23.7 Å². The number of benzene rings is 1. The Kier molecular flexibility index (Phi) is 5.03. The summed E-state index contributed by atoms with van der Waals surface area (Å²) in [4.78, 5) is 14.9. The molecule has 1 amide bonds. The molecule has 1 aromatic rings. The highest BCUT2D eigenvalue weighted by molar-refractivity contribution is 6.36. The highest BCUT2D eigenvalue weighted by Crippen LogP contribution is 2.54. The first-order valence-electron chi connectivity index (χ1n) is 7.36. The van der Waals surface area contributed by atoms with Crippen molar-refractivity contribution in [1.82, 2.24) is 4.90 Å². The molecule has 3 rings (SSSR count). The molecule has 0 spiro atoms. The Morgan fingerprint density at radius 2 is 1.86 bits per heavy atom. The van der Waals surface area contributed by atoms with E-state index in [0.29, 0.717) is 16.6 Å². The van der Waals surface area contributed by atoms with E-state index >= 15 is 0 Å². The maximum absolute atomic E-state index is 13.0. The van der Waals surface area contributed by atoms with E-state index < -0.39 is 5.41 Å². The van der Waals surface area contributed by atoms with Gasteiger partial charge in [-0.15, -0.1) is 12.4 Å². The van der Waals surface area contributed by atoms with Crippen LogP contribution in [0.3, 0.4) is 0 Å². The van der Waals surface area contributed by atoms with Crippen molar-refractivity contribution in [3.8, 4) is 0 Å². The second-order valence-electron chi connectivity index (χ2n) is 6.67. The molecule has 122 valence electrons. The van der Waals surface area contributed by atoms with Crippen LogP contribution >= 0.6 is 35.6 Å². The Morgan fingerprint density at radius 3 is 2.32 bits per heavy atom. The summed E-state index contributed by atoms with van der Waals surface area (Å²) in [6.45, 7) is 4.25. The van der Waals surface area contributed by atoms with E-state index in [9.17, 15) is 4.79 Å². The van der Waals surface area contributed by atoms with Crippen molar-refractivity contribution < 1.29 is 4.79 Å². The molecule has 0 radical (unpaired) electrons. The Bertz CT molecular complexity index is 569. The minimum atomic E-state index is -0.505. The van der Waals surface area contributed by atoms with Crippen LogP contribution in [0.15, 0.2) is 18.2 Å². The average molecular weight is 364 g/mol. The SMILES string of the molecule is CC1(CN)CCN(C(=O)C2(c3c(Cl)cccc3Cl)CC2)C1.Cl. The molecule has 0 bridgehead atoms. The zero-order valence-electron chi connectivity index (χ0n) is 12.6. The van der Waals surface area contributed by atoms with Gasteiger partial charge in [-0.3, -0.25) is 4.79 Å². The van der Waals surface area contributed by atoms with Gasteiger partial charge >= 0.3 is 0 Å². The van der Waals surface area contributed by atoms with Crippen molar-refractivity contribution in [2.75, 3.05) is 19.6 Å². The van der Waals surface area contributed by atoms with Crippen LogP contribution in [0, 0.1) is 5.41 Å². The number of hydrogen-bond donors (Lipinski definition) is 1. The summed E-state index contributed by atoms with van der Waals surface area (Å²) in [5.41, 5.74) is 6.17. The summed E-state index contributed by atoms with van der Waals surface area (Å²) in [5.74, 6) is 0.162. The van der Waals surface area contributed by atoms with E-state index in [1.807, 2.05) is 23.1 Å². The molecule has 1 aromatic carbocycles. The number of likely N-dealkylation sites (tertiary alicyclic amines) is 1. The van der Waals surface area contributed by atoms with Gasteiger partial charge in [0, 0.05) is 28.7 Å². The fraction of sp³-hybridized carbons (Fsp3) is 0.562. The summed E-state index contributed by atoms with van der Waals surface area (Å²) in [6.07, 6.45) is 2.61. The van der Waals surface area contributed by atoms with Crippen LogP contribution in [0.2, 0.25) is 10.0 Å². The summed E-state index contributed by atoms with van der Waals surface area (Å²) in [7, 11) is 0. The van der Waals surface area contributed by atoms with Gasteiger partial charge in [-0.1, -0.05) is 36.2 Å². The van der Waals surface area contributed by atoms with E-state index in [0.717, 1.165) is 37.9 Å². The van der Waals surface area contributed by atoms with Crippen LogP contribution < -0.4 is 5.73 Å². The van der Waals surface area contributed by atoms with Crippen LogP contribution in [0.1, 0.15) is 31.7 Å². The van der Waals surface area contributed by atoms with Crippen LogP contribution in [0.25, 0.3) is 0 Å². The molecule has 1 atom stereocenters. The third-order valence-corrected chi connectivity index (χ3v) is 5.57. The summed E-state index contributed by atoms with van der Waals surface area (Å²) >= 11 is 12.6. The number of carbonyl (C=O) groups excluding carboxylic acids is 1. The van der Waals surface area contributed by atoms with Gasteiger partial charge < -0.3 is 10.6 Å². The normalized spacial score (nSPS) is 25.7. The molecule has 1 saturated heterocycles. The van der Waals surface area contributed by atoms with Gasteiger partial charge in [0.15, 0.2) is 0 Å². The molecular formula is C16H21Cl3N2O. The molecule has 2 N–H and O–H groups in total.